The number of amides is 1. The van der Waals surface area contributed by atoms with Crippen molar-refractivity contribution in [3.05, 3.63) is 77.6 Å². The molecule has 2 aromatic heterocycles. The Bertz CT molecular complexity index is 1370. The van der Waals surface area contributed by atoms with E-state index in [-0.39, 0.29) is 18.2 Å². The van der Waals surface area contributed by atoms with Gasteiger partial charge in [0.1, 0.15) is 17.2 Å². The van der Waals surface area contributed by atoms with Crippen LogP contribution in [0.25, 0.3) is 16.6 Å². The zero-order chi connectivity index (χ0) is 25.2. The van der Waals surface area contributed by atoms with Crippen LogP contribution in [0.4, 0.5) is 13.2 Å². The number of carbonyl (C=O) groups is 1. The van der Waals surface area contributed by atoms with Crippen molar-refractivity contribution < 1.29 is 32.2 Å². The molecule has 35 heavy (non-hydrogen) atoms. The number of alkyl halides is 3. The molecular formula is C25H22F3N3O4. The lowest BCUT2D eigenvalue weighted by molar-refractivity contribution is -0.274. The molecule has 1 amide bonds. The number of aromatic nitrogens is 2. The number of aryl methyl sites for hydroxylation is 1. The number of carbonyl (C=O) groups excluding carboxylic acids is 1. The Morgan fingerprint density at radius 2 is 1.69 bits per heavy atom. The standard InChI is InChI=1S/C25H22F3N3O4/c1-15-23(21-13-20(33-2)10-11-31(21)30-15)24(32)29-14-18-5-4-17(12-22(18)34-3)16-6-8-19(9-7-16)35-25(26,27)28/h4-13H,14H2,1-3H3,(H,29,32). The van der Waals surface area contributed by atoms with Crippen molar-refractivity contribution in [2.75, 3.05) is 14.2 Å². The minimum absolute atomic E-state index is 0.196. The molecule has 0 aliphatic carbocycles. The average Bonchev–Trinajstić information content (AvgIpc) is 3.16. The lowest BCUT2D eigenvalue weighted by Crippen LogP contribution is -2.23. The number of pyridine rings is 1. The highest BCUT2D eigenvalue weighted by Crippen LogP contribution is 2.30. The molecule has 0 bridgehead atoms. The second-order valence-corrected chi connectivity index (χ2v) is 7.64. The maximum absolute atomic E-state index is 13.0. The van der Waals surface area contributed by atoms with Crippen LogP contribution in [-0.2, 0) is 6.54 Å². The summed E-state index contributed by atoms with van der Waals surface area (Å²) in [7, 11) is 3.06. The summed E-state index contributed by atoms with van der Waals surface area (Å²) in [4.78, 5) is 13.0. The van der Waals surface area contributed by atoms with Gasteiger partial charge in [0.15, 0.2) is 0 Å². The van der Waals surface area contributed by atoms with Crippen molar-refractivity contribution in [1.29, 1.82) is 0 Å². The highest BCUT2D eigenvalue weighted by Gasteiger charge is 2.31. The van der Waals surface area contributed by atoms with Crippen LogP contribution in [0.5, 0.6) is 17.2 Å². The van der Waals surface area contributed by atoms with Gasteiger partial charge in [0.05, 0.1) is 31.0 Å². The normalized spacial score (nSPS) is 11.4. The van der Waals surface area contributed by atoms with Gasteiger partial charge in [-0.15, -0.1) is 13.2 Å². The molecule has 10 heteroatoms. The predicted molar refractivity (Wildman–Crippen MR) is 123 cm³/mol. The van der Waals surface area contributed by atoms with E-state index in [1.807, 2.05) is 0 Å². The summed E-state index contributed by atoms with van der Waals surface area (Å²) < 4.78 is 53.4. The number of benzene rings is 2. The number of hydrogen-bond donors (Lipinski definition) is 1. The van der Waals surface area contributed by atoms with Crippen molar-refractivity contribution in [3.8, 4) is 28.4 Å². The fourth-order valence-corrected chi connectivity index (χ4v) is 3.73. The largest absolute Gasteiger partial charge is 0.573 e. The zero-order valence-electron chi connectivity index (χ0n) is 19.1. The molecule has 0 unspecified atom stereocenters. The number of hydrogen-bond acceptors (Lipinski definition) is 5. The van der Waals surface area contributed by atoms with Gasteiger partial charge in [-0.3, -0.25) is 4.79 Å². The second kappa shape index (κ2) is 9.57. The van der Waals surface area contributed by atoms with Gasteiger partial charge in [-0.2, -0.15) is 5.10 Å². The monoisotopic (exact) mass is 485 g/mol. The lowest BCUT2D eigenvalue weighted by atomic mass is 10.0. The van der Waals surface area contributed by atoms with Crippen LogP contribution < -0.4 is 19.5 Å². The fourth-order valence-electron chi connectivity index (χ4n) is 3.73. The number of nitrogens with one attached hydrogen (secondary N) is 1. The number of ether oxygens (including phenoxy) is 3. The van der Waals surface area contributed by atoms with E-state index < -0.39 is 6.36 Å². The van der Waals surface area contributed by atoms with E-state index in [0.717, 1.165) is 11.1 Å². The Morgan fingerprint density at radius 3 is 2.34 bits per heavy atom. The average molecular weight is 485 g/mol. The summed E-state index contributed by atoms with van der Waals surface area (Å²) in [6, 6.07) is 14.4. The molecule has 0 spiro atoms. The van der Waals surface area contributed by atoms with Crippen LogP contribution in [0, 0.1) is 6.92 Å². The van der Waals surface area contributed by atoms with Gasteiger partial charge in [0, 0.05) is 24.4 Å². The topological polar surface area (TPSA) is 74.1 Å². The molecule has 0 aliphatic heterocycles. The maximum atomic E-state index is 13.0. The first-order chi connectivity index (χ1) is 16.7. The first-order valence-corrected chi connectivity index (χ1v) is 10.5. The number of rotatable bonds is 7. The van der Waals surface area contributed by atoms with Gasteiger partial charge < -0.3 is 19.5 Å². The third-order valence-corrected chi connectivity index (χ3v) is 5.39. The molecule has 4 aromatic rings. The van der Waals surface area contributed by atoms with Crippen LogP contribution in [0.3, 0.4) is 0 Å². The van der Waals surface area contributed by atoms with Crippen molar-refractivity contribution in [3.63, 3.8) is 0 Å². The zero-order valence-corrected chi connectivity index (χ0v) is 19.1. The second-order valence-electron chi connectivity index (χ2n) is 7.64. The van der Waals surface area contributed by atoms with Crippen molar-refractivity contribution in [1.82, 2.24) is 14.9 Å². The van der Waals surface area contributed by atoms with Gasteiger partial charge >= 0.3 is 6.36 Å². The minimum Gasteiger partial charge on any atom is -0.497 e. The van der Waals surface area contributed by atoms with Gasteiger partial charge in [0.25, 0.3) is 5.91 Å². The molecule has 0 saturated heterocycles. The number of fused-ring (bicyclic) bond motifs is 1. The van der Waals surface area contributed by atoms with Crippen molar-refractivity contribution in [2.24, 2.45) is 0 Å². The van der Waals surface area contributed by atoms with Gasteiger partial charge in [-0.1, -0.05) is 24.3 Å². The summed E-state index contributed by atoms with van der Waals surface area (Å²) >= 11 is 0. The van der Waals surface area contributed by atoms with Crippen LogP contribution in [0.15, 0.2) is 60.8 Å². The quantitative estimate of drug-likeness (QED) is 0.392. The smallest absolute Gasteiger partial charge is 0.497 e. The van der Waals surface area contributed by atoms with E-state index in [2.05, 4.69) is 15.2 Å². The van der Waals surface area contributed by atoms with Crippen molar-refractivity contribution in [2.45, 2.75) is 19.8 Å². The molecule has 2 heterocycles. The van der Waals surface area contributed by atoms with E-state index in [1.54, 1.807) is 55.1 Å². The Labute approximate surface area is 199 Å². The molecule has 0 radical (unpaired) electrons. The third kappa shape index (κ3) is 5.32. The van der Waals surface area contributed by atoms with E-state index in [0.29, 0.717) is 33.8 Å². The lowest BCUT2D eigenvalue weighted by Gasteiger charge is -2.13. The van der Waals surface area contributed by atoms with Crippen LogP contribution in [0.1, 0.15) is 21.6 Å². The summed E-state index contributed by atoms with van der Waals surface area (Å²) in [5.41, 5.74) is 3.80. The molecule has 0 atom stereocenters. The van der Waals surface area contributed by atoms with Crippen molar-refractivity contribution >= 4 is 11.4 Å². The SMILES string of the molecule is COc1ccn2nc(C)c(C(=O)NCc3ccc(-c4ccc(OC(F)(F)F)cc4)cc3OC)c2c1. The highest BCUT2D eigenvalue weighted by atomic mass is 19.4. The van der Waals surface area contributed by atoms with E-state index >= 15 is 0 Å². The molecule has 182 valence electrons. The van der Waals surface area contributed by atoms with Crippen LogP contribution >= 0.6 is 0 Å². The summed E-state index contributed by atoms with van der Waals surface area (Å²) in [5.74, 6) is 0.545. The number of halogens is 3. The molecular weight excluding hydrogens is 463 g/mol. The molecule has 0 saturated carbocycles. The van der Waals surface area contributed by atoms with Gasteiger partial charge in [0.2, 0.25) is 0 Å². The van der Waals surface area contributed by atoms with E-state index in [4.69, 9.17) is 9.47 Å². The highest BCUT2D eigenvalue weighted by molar-refractivity contribution is 6.02. The first-order valence-electron chi connectivity index (χ1n) is 10.5. The number of methoxy groups -OCH3 is 2. The molecule has 2 aromatic carbocycles. The Morgan fingerprint density at radius 1 is 0.971 bits per heavy atom. The Balaban J connectivity index is 1.51. The predicted octanol–water partition coefficient (Wildman–Crippen LogP) is 5.16. The maximum Gasteiger partial charge on any atom is 0.573 e. The molecule has 1 N–H and O–H groups in total. The molecule has 7 nitrogen and oxygen atoms in total. The number of nitrogens with zero attached hydrogens (tertiary/aromatic N) is 2. The Kier molecular flexibility index (Phi) is 6.54. The molecule has 4 rings (SSSR count). The van der Waals surface area contributed by atoms with Gasteiger partial charge in [-0.25, -0.2) is 4.52 Å². The molecule has 0 fully saturated rings. The third-order valence-electron chi connectivity index (χ3n) is 5.39. The first kappa shape index (κ1) is 23.9. The van der Waals surface area contributed by atoms with E-state index in [9.17, 15) is 18.0 Å². The van der Waals surface area contributed by atoms with Gasteiger partial charge in [-0.05, 0) is 42.3 Å². The summed E-state index contributed by atoms with van der Waals surface area (Å²) in [6.45, 7) is 1.95. The summed E-state index contributed by atoms with van der Waals surface area (Å²) in [5, 5.41) is 7.27. The summed E-state index contributed by atoms with van der Waals surface area (Å²) in [6.07, 6.45) is -3.02. The minimum atomic E-state index is -4.75. The Hall–Kier alpha value is -4.21. The van der Waals surface area contributed by atoms with Crippen LogP contribution in [0.2, 0.25) is 0 Å². The molecule has 0 aliphatic rings. The van der Waals surface area contributed by atoms with E-state index in [1.165, 1.54) is 31.4 Å². The fraction of sp³-hybridized carbons (Fsp3) is 0.200. The van der Waals surface area contributed by atoms with Crippen LogP contribution in [-0.4, -0.2) is 36.1 Å².